The molecule has 0 saturated carbocycles. The number of rotatable bonds is 5. The Kier molecular flexibility index (Phi) is 6.13. The zero-order valence-corrected chi connectivity index (χ0v) is 12.7. The van der Waals surface area contributed by atoms with Gasteiger partial charge in [-0.2, -0.15) is 4.40 Å². The summed E-state index contributed by atoms with van der Waals surface area (Å²) < 4.78 is 33.0. The molecule has 0 aliphatic rings. The molecule has 0 aliphatic carbocycles. The standard InChI is InChI=1S/C12H22FNO3S/c1-7-17-10(15)9(12(5,6)8-13)14-18(16)11(2,3)4/h7-8H2,1-6H3/t18-/m0/s1. The van der Waals surface area contributed by atoms with Gasteiger partial charge in [-0.3, -0.25) is 4.39 Å². The number of ether oxygens (including phenoxy) is 1. The first-order chi connectivity index (χ1) is 8.06. The SMILES string of the molecule is CCOC(=O)C(=N[S@@](=O)C(C)(C)C)C(C)(C)CF. The molecular formula is C12H22FNO3S. The lowest BCUT2D eigenvalue weighted by Crippen LogP contribution is -2.36. The van der Waals surface area contributed by atoms with Crippen LogP contribution in [0, 0.1) is 5.41 Å². The molecule has 0 aromatic carbocycles. The zero-order chi connectivity index (χ0) is 14.6. The van der Waals surface area contributed by atoms with E-state index in [2.05, 4.69) is 4.40 Å². The molecule has 106 valence electrons. The van der Waals surface area contributed by atoms with Crippen LogP contribution in [0.3, 0.4) is 0 Å². The molecule has 4 nitrogen and oxygen atoms in total. The second-order valence-corrected chi connectivity index (χ2v) is 7.45. The van der Waals surface area contributed by atoms with E-state index in [9.17, 15) is 13.4 Å². The number of nitrogens with zero attached hydrogens (tertiary/aromatic N) is 1. The van der Waals surface area contributed by atoms with Gasteiger partial charge in [0.25, 0.3) is 0 Å². The summed E-state index contributed by atoms with van der Waals surface area (Å²) in [5, 5.41) is 0. The first-order valence-corrected chi connectivity index (χ1v) is 6.91. The van der Waals surface area contributed by atoms with Crippen LogP contribution in [0.2, 0.25) is 0 Å². The number of carbonyl (C=O) groups excluding carboxylic acids is 1. The molecule has 18 heavy (non-hydrogen) atoms. The molecule has 0 saturated heterocycles. The summed E-state index contributed by atoms with van der Waals surface area (Å²) in [4.78, 5) is 11.8. The topological polar surface area (TPSA) is 55.7 Å². The molecule has 0 spiro atoms. The van der Waals surface area contributed by atoms with Gasteiger partial charge in [0.2, 0.25) is 0 Å². The van der Waals surface area contributed by atoms with Crippen LogP contribution in [0.15, 0.2) is 4.40 Å². The van der Waals surface area contributed by atoms with E-state index in [0.29, 0.717) is 0 Å². The number of alkyl halides is 1. The minimum absolute atomic E-state index is 0.111. The third kappa shape index (κ3) is 4.84. The fraction of sp³-hybridized carbons (Fsp3) is 0.833. The minimum Gasteiger partial charge on any atom is -0.461 e. The third-order valence-electron chi connectivity index (χ3n) is 2.14. The van der Waals surface area contributed by atoms with Crippen molar-refractivity contribution in [1.82, 2.24) is 0 Å². The predicted molar refractivity (Wildman–Crippen MR) is 71.7 cm³/mol. The summed E-state index contributed by atoms with van der Waals surface area (Å²) in [6.45, 7) is 9.31. The van der Waals surface area contributed by atoms with Crippen molar-refractivity contribution in [3.63, 3.8) is 0 Å². The summed E-state index contributed by atoms with van der Waals surface area (Å²) in [7, 11) is -1.62. The van der Waals surface area contributed by atoms with E-state index in [-0.39, 0.29) is 12.3 Å². The van der Waals surface area contributed by atoms with Crippen LogP contribution >= 0.6 is 0 Å². The predicted octanol–water partition coefficient (Wildman–Crippen LogP) is 2.45. The van der Waals surface area contributed by atoms with Crippen molar-refractivity contribution >= 4 is 22.7 Å². The fourth-order valence-electron chi connectivity index (χ4n) is 0.920. The van der Waals surface area contributed by atoms with E-state index in [1.54, 1.807) is 27.7 Å². The summed E-state index contributed by atoms with van der Waals surface area (Å²) in [5.41, 5.74) is -1.22. The molecule has 0 fully saturated rings. The molecule has 0 aromatic heterocycles. The normalized spacial score (nSPS) is 15.4. The molecule has 0 heterocycles. The Hall–Kier alpha value is -0.780. The Bertz CT molecular complexity index is 359. The van der Waals surface area contributed by atoms with E-state index in [1.165, 1.54) is 13.8 Å². The van der Waals surface area contributed by atoms with Crippen LogP contribution in [0.1, 0.15) is 41.5 Å². The van der Waals surface area contributed by atoms with Gasteiger partial charge >= 0.3 is 5.97 Å². The average Bonchev–Trinajstić information content (AvgIpc) is 2.24. The van der Waals surface area contributed by atoms with Crippen LogP contribution < -0.4 is 0 Å². The number of carbonyl (C=O) groups is 1. The Balaban J connectivity index is 5.43. The smallest absolute Gasteiger partial charge is 0.354 e. The van der Waals surface area contributed by atoms with Crippen molar-refractivity contribution in [3.05, 3.63) is 0 Å². The zero-order valence-electron chi connectivity index (χ0n) is 11.9. The molecule has 0 aliphatic heterocycles. The molecule has 0 radical (unpaired) electrons. The molecule has 0 rings (SSSR count). The lowest BCUT2D eigenvalue weighted by Gasteiger charge is -2.23. The van der Waals surface area contributed by atoms with Gasteiger partial charge in [0.1, 0.15) is 23.4 Å². The monoisotopic (exact) mass is 279 g/mol. The maximum absolute atomic E-state index is 13.0. The van der Waals surface area contributed by atoms with Gasteiger partial charge in [-0.1, -0.05) is 13.8 Å². The van der Waals surface area contributed by atoms with E-state index < -0.39 is 33.8 Å². The Morgan fingerprint density at radius 3 is 2.11 bits per heavy atom. The van der Waals surface area contributed by atoms with E-state index in [4.69, 9.17) is 4.74 Å². The highest BCUT2D eigenvalue weighted by Gasteiger charge is 2.34. The lowest BCUT2D eigenvalue weighted by molar-refractivity contribution is -0.135. The van der Waals surface area contributed by atoms with Gasteiger partial charge in [0.05, 0.1) is 11.4 Å². The van der Waals surface area contributed by atoms with Crippen LogP contribution in [0.5, 0.6) is 0 Å². The van der Waals surface area contributed by atoms with Crippen molar-refractivity contribution in [3.8, 4) is 0 Å². The van der Waals surface area contributed by atoms with Crippen molar-refractivity contribution in [2.75, 3.05) is 13.3 Å². The van der Waals surface area contributed by atoms with Crippen molar-refractivity contribution < 1.29 is 18.1 Å². The summed E-state index contributed by atoms with van der Waals surface area (Å²) in [6, 6.07) is 0. The van der Waals surface area contributed by atoms with Gasteiger partial charge in [-0.15, -0.1) is 0 Å². The first-order valence-electron chi connectivity index (χ1n) is 5.80. The summed E-state index contributed by atoms with van der Waals surface area (Å²) in [5.74, 6) is -0.710. The molecular weight excluding hydrogens is 257 g/mol. The Morgan fingerprint density at radius 2 is 1.78 bits per heavy atom. The highest BCUT2D eigenvalue weighted by molar-refractivity contribution is 7.85. The van der Waals surface area contributed by atoms with Crippen LogP contribution in [-0.2, 0) is 20.5 Å². The van der Waals surface area contributed by atoms with Gasteiger partial charge < -0.3 is 4.74 Å². The van der Waals surface area contributed by atoms with Crippen LogP contribution in [0.4, 0.5) is 4.39 Å². The third-order valence-corrected chi connectivity index (χ3v) is 3.54. The van der Waals surface area contributed by atoms with E-state index >= 15 is 0 Å². The molecule has 0 unspecified atom stereocenters. The second kappa shape index (κ2) is 6.41. The minimum atomic E-state index is -1.62. The number of hydrogen-bond donors (Lipinski definition) is 0. The number of hydrogen-bond acceptors (Lipinski definition) is 3. The maximum Gasteiger partial charge on any atom is 0.354 e. The highest BCUT2D eigenvalue weighted by Crippen LogP contribution is 2.22. The molecule has 0 aromatic rings. The average molecular weight is 279 g/mol. The van der Waals surface area contributed by atoms with Gasteiger partial charge in [0, 0.05) is 5.41 Å². The van der Waals surface area contributed by atoms with E-state index in [0.717, 1.165) is 0 Å². The Labute approximate surface area is 111 Å². The molecule has 0 bridgehead atoms. The highest BCUT2D eigenvalue weighted by atomic mass is 32.2. The largest absolute Gasteiger partial charge is 0.461 e. The lowest BCUT2D eigenvalue weighted by atomic mass is 9.89. The molecule has 6 heteroatoms. The quantitative estimate of drug-likeness (QED) is 0.574. The maximum atomic E-state index is 13.0. The first kappa shape index (κ1) is 17.2. The summed E-state index contributed by atoms with van der Waals surface area (Å²) in [6.07, 6.45) is 0. The molecule has 0 N–H and O–H groups in total. The van der Waals surface area contributed by atoms with Crippen molar-refractivity contribution in [2.45, 2.75) is 46.3 Å². The fourth-order valence-corrected chi connectivity index (χ4v) is 1.68. The summed E-state index contributed by atoms with van der Waals surface area (Å²) >= 11 is 0. The van der Waals surface area contributed by atoms with Crippen molar-refractivity contribution in [1.29, 1.82) is 0 Å². The van der Waals surface area contributed by atoms with Crippen molar-refractivity contribution in [2.24, 2.45) is 9.81 Å². The van der Waals surface area contributed by atoms with E-state index in [1.807, 2.05) is 0 Å². The van der Waals surface area contributed by atoms with Gasteiger partial charge in [0.15, 0.2) is 0 Å². The van der Waals surface area contributed by atoms with Crippen LogP contribution in [-0.4, -0.2) is 33.9 Å². The van der Waals surface area contributed by atoms with Gasteiger partial charge in [-0.05, 0) is 27.7 Å². The van der Waals surface area contributed by atoms with Gasteiger partial charge in [-0.25, -0.2) is 9.00 Å². The Morgan fingerprint density at radius 1 is 1.28 bits per heavy atom. The molecule has 1 atom stereocenters. The number of esters is 1. The van der Waals surface area contributed by atoms with Crippen LogP contribution in [0.25, 0.3) is 0 Å². The molecule has 0 amide bonds. The second-order valence-electron chi connectivity index (χ2n) is 5.54. The number of halogens is 1.